The molecule has 0 radical (unpaired) electrons. The number of anilines is 1. The Morgan fingerprint density at radius 1 is 1.50 bits per heavy atom. The summed E-state index contributed by atoms with van der Waals surface area (Å²) in [5, 5.41) is 5.28. The van der Waals surface area contributed by atoms with Crippen molar-refractivity contribution in [3.63, 3.8) is 0 Å². The van der Waals surface area contributed by atoms with Gasteiger partial charge in [-0.1, -0.05) is 11.6 Å². The largest absolute Gasteiger partial charge is 0.384 e. The Balaban J connectivity index is 2.76. The van der Waals surface area contributed by atoms with Gasteiger partial charge in [-0.25, -0.2) is 4.98 Å². The SMILES string of the molecule is CCNC(=O)C(C)NC(=O)c1nc(N)ccc1Cl. The summed E-state index contributed by atoms with van der Waals surface area (Å²) >= 11 is 5.84. The van der Waals surface area contributed by atoms with Crippen molar-refractivity contribution in [1.82, 2.24) is 15.6 Å². The second kappa shape index (κ2) is 6.20. The lowest BCUT2D eigenvalue weighted by atomic mass is 10.2. The zero-order chi connectivity index (χ0) is 13.7. The van der Waals surface area contributed by atoms with Gasteiger partial charge in [-0.05, 0) is 26.0 Å². The molecule has 18 heavy (non-hydrogen) atoms. The number of pyridine rings is 1. The standard InChI is InChI=1S/C11H15ClN4O2/c1-3-14-10(17)6(2)15-11(18)9-7(12)4-5-8(13)16-9/h4-6H,3H2,1-2H3,(H2,13,16)(H,14,17)(H,15,18). The lowest BCUT2D eigenvalue weighted by Crippen LogP contribution is -2.45. The first-order valence-electron chi connectivity index (χ1n) is 5.46. The number of hydrogen-bond acceptors (Lipinski definition) is 4. The van der Waals surface area contributed by atoms with Crippen molar-refractivity contribution in [3.05, 3.63) is 22.8 Å². The van der Waals surface area contributed by atoms with Crippen LogP contribution in [0.3, 0.4) is 0 Å². The molecule has 1 heterocycles. The fourth-order valence-corrected chi connectivity index (χ4v) is 1.47. The van der Waals surface area contributed by atoms with Gasteiger partial charge in [-0.3, -0.25) is 9.59 Å². The van der Waals surface area contributed by atoms with Crippen LogP contribution in [0.1, 0.15) is 24.3 Å². The Morgan fingerprint density at radius 3 is 2.78 bits per heavy atom. The van der Waals surface area contributed by atoms with Crippen LogP contribution >= 0.6 is 11.6 Å². The number of carbonyl (C=O) groups excluding carboxylic acids is 2. The number of halogens is 1. The highest BCUT2D eigenvalue weighted by atomic mass is 35.5. The van der Waals surface area contributed by atoms with E-state index in [0.717, 1.165) is 0 Å². The van der Waals surface area contributed by atoms with Crippen LogP contribution in [-0.4, -0.2) is 29.4 Å². The highest BCUT2D eigenvalue weighted by Gasteiger charge is 2.18. The van der Waals surface area contributed by atoms with Crippen LogP contribution in [-0.2, 0) is 4.79 Å². The van der Waals surface area contributed by atoms with Crippen molar-refractivity contribution >= 4 is 29.2 Å². The van der Waals surface area contributed by atoms with Gasteiger partial charge in [0, 0.05) is 6.54 Å². The van der Waals surface area contributed by atoms with Crippen molar-refractivity contribution in [2.45, 2.75) is 19.9 Å². The van der Waals surface area contributed by atoms with Gasteiger partial charge in [-0.2, -0.15) is 0 Å². The summed E-state index contributed by atoms with van der Waals surface area (Å²) in [5.41, 5.74) is 5.48. The van der Waals surface area contributed by atoms with Gasteiger partial charge in [0.1, 0.15) is 17.6 Å². The van der Waals surface area contributed by atoms with Crippen LogP contribution in [0.25, 0.3) is 0 Å². The monoisotopic (exact) mass is 270 g/mol. The number of rotatable bonds is 4. The Bertz CT molecular complexity index is 464. The topological polar surface area (TPSA) is 97.1 Å². The van der Waals surface area contributed by atoms with Crippen LogP contribution in [0, 0.1) is 0 Å². The smallest absolute Gasteiger partial charge is 0.272 e. The molecule has 1 atom stereocenters. The van der Waals surface area contributed by atoms with Gasteiger partial charge in [-0.15, -0.1) is 0 Å². The second-order valence-electron chi connectivity index (χ2n) is 3.66. The molecule has 0 aliphatic carbocycles. The van der Waals surface area contributed by atoms with E-state index in [2.05, 4.69) is 15.6 Å². The molecule has 1 aromatic rings. The normalized spacial score (nSPS) is 11.7. The molecule has 1 aromatic heterocycles. The van der Waals surface area contributed by atoms with Crippen LogP contribution in [0.15, 0.2) is 12.1 Å². The minimum Gasteiger partial charge on any atom is -0.384 e. The lowest BCUT2D eigenvalue weighted by molar-refractivity contribution is -0.122. The maximum absolute atomic E-state index is 11.8. The Morgan fingerprint density at radius 2 is 2.17 bits per heavy atom. The fraction of sp³-hybridized carbons (Fsp3) is 0.364. The number of nitrogens with one attached hydrogen (secondary N) is 2. The number of hydrogen-bond donors (Lipinski definition) is 3. The Labute approximate surface area is 110 Å². The number of amides is 2. The predicted molar refractivity (Wildman–Crippen MR) is 69.3 cm³/mol. The molecule has 7 heteroatoms. The molecule has 0 saturated carbocycles. The minimum absolute atomic E-state index is 0.00724. The van der Waals surface area contributed by atoms with E-state index >= 15 is 0 Å². The molecule has 98 valence electrons. The zero-order valence-corrected chi connectivity index (χ0v) is 10.9. The van der Waals surface area contributed by atoms with Crippen LogP contribution in [0.4, 0.5) is 5.82 Å². The molecule has 0 fully saturated rings. The van der Waals surface area contributed by atoms with Crippen LogP contribution < -0.4 is 16.4 Å². The maximum Gasteiger partial charge on any atom is 0.272 e. The first-order valence-corrected chi connectivity index (χ1v) is 5.84. The average Bonchev–Trinajstić information content (AvgIpc) is 2.32. The molecule has 6 nitrogen and oxygen atoms in total. The fourth-order valence-electron chi connectivity index (χ4n) is 1.27. The molecule has 1 rings (SSSR count). The molecule has 0 aliphatic heterocycles. The van der Waals surface area contributed by atoms with Crippen molar-refractivity contribution in [1.29, 1.82) is 0 Å². The Kier molecular flexibility index (Phi) is 4.91. The molecular formula is C11H15ClN4O2. The van der Waals surface area contributed by atoms with Gasteiger partial charge in [0.15, 0.2) is 0 Å². The number of nitrogens with two attached hydrogens (primary N) is 1. The number of nitrogens with zero attached hydrogens (tertiary/aromatic N) is 1. The van der Waals surface area contributed by atoms with E-state index < -0.39 is 11.9 Å². The minimum atomic E-state index is -0.670. The van der Waals surface area contributed by atoms with Crippen LogP contribution in [0.2, 0.25) is 5.02 Å². The maximum atomic E-state index is 11.8. The van der Waals surface area contributed by atoms with Crippen molar-refractivity contribution in [2.75, 3.05) is 12.3 Å². The predicted octanol–water partition coefficient (Wildman–Crippen LogP) is 0.572. The molecule has 0 bridgehead atoms. The molecule has 4 N–H and O–H groups in total. The van der Waals surface area contributed by atoms with Crippen molar-refractivity contribution in [3.8, 4) is 0 Å². The highest BCUT2D eigenvalue weighted by molar-refractivity contribution is 6.33. The van der Waals surface area contributed by atoms with Gasteiger partial charge in [0.25, 0.3) is 5.91 Å². The van der Waals surface area contributed by atoms with Gasteiger partial charge in [0.05, 0.1) is 5.02 Å². The summed E-state index contributed by atoms with van der Waals surface area (Å²) in [7, 11) is 0. The van der Waals surface area contributed by atoms with Gasteiger partial charge < -0.3 is 16.4 Å². The van der Waals surface area contributed by atoms with E-state index in [1.54, 1.807) is 13.8 Å². The molecule has 0 aliphatic rings. The quantitative estimate of drug-likeness (QED) is 0.745. The number of carbonyl (C=O) groups is 2. The summed E-state index contributed by atoms with van der Waals surface area (Å²) in [4.78, 5) is 27.1. The first-order chi connectivity index (χ1) is 8.45. The van der Waals surface area contributed by atoms with Crippen LogP contribution in [0.5, 0.6) is 0 Å². The third-order valence-electron chi connectivity index (χ3n) is 2.17. The first kappa shape index (κ1) is 14.2. The van der Waals surface area contributed by atoms with E-state index in [9.17, 15) is 9.59 Å². The van der Waals surface area contributed by atoms with E-state index in [-0.39, 0.29) is 22.4 Å². The summed E-state index contributed by atoms with van der Waals surface area (Å²) < 4.78 is 0. The third-order valence-corrected chi connectivity index (χ3v) is 2.48. The molecule has 1 unspecified atom stereocenters. The third kappa shape index (κ3) is 3.59. The van der Waals surface area contributed by atoms with Gasteiger partial charge in [0.2, 0.25) is 5.91 Å². The summed E-state index contributed by atoms with van der Waals surface area (Å²) in [5.74, 6) is -0.618. The average molecular weight is 271 g/mol. The van der Waals surface area contributed by atoms with E-state index in [1.165, 1.54) is 12.1 Å². The number of aromatic nitrogens is 1. The summed E-state index contributed by atoms with van der Waals surface area (Å²) in [6, 6.07) is 2.30. The van der Waals surface area contributed by atoms with Crippen molar-refractivity contribution in [2.24, 2.45) is 0 Å². The molecule has 2 amide bonds. The van der Waals surface area contributed by atoms with Gasteiger partial charge >= 0.3 is 0 Å². The zero-order valence-electron chi connectivity index (χ0n) is 10.2. The van der Waals surface area contributed by atoms with Crippen molar-refractivity contribution < 1.29 is 9.59 Å². The number of likely N-dealkylation sites (N-methyl/N-ethyl adjacent to an activating group) is 1. The van der Waals surface area contributed by atoms with E-state index in [4.69, 9.17) is 17.3 Å². The van der Waals surface area contributed by atoms with E-state index in [0.29, 0.717) is 6.54 Å². The lowest BCUT2D eigenvalue weighted by Gasteiger charge is -2.13. The highest BCUT2D eigenvalue weighted by Crippen LogP contribution is 2.15. The molecule has 0 aromatic carbocycles. The molecule has 0 spiro atoms. The summed E-state index contributed by atoms with van der Waals surface area (Å²) in [6.45, 7) is 3.86. The molecular weight excluding hydrogens is 256 g/mol. The summed E-state index contributed by atoms with van der Waals surface area (Å²) in [6.07, 6.45) is 0. The Hall–Kier alpha value is -1.82. The number of nitrogen functional groups attached to an aromatic ring is 1. The van der Waals surface area contributed by atoms with E-state index in [1.807, 2.05) is 0 Å². The molecule has 0 saturated heterocycles. The second-order valence-corrected chi connectivity index (χ2v) is 4.06.